The standard InChI is InChI=1S/C22H20ClNO3S/c1-2-27-22(26)20-18(16-8-4-3-5-9-16)14-28-21(20)24-19(25)12-11-15-7-6-10-17(23)13-15/h3-10,13-14H,2,11-12H2,1H3,(H,24,25). The lowest BCUT2D eigenvalue weighted by Crippen LogP contribution is -2.15. The summed E-state index contributed by atoms with van der Waals surface area (Å²) in [6, 6.07) is 17.0. The Kier molecular flexibility index (Phi) is 6.85. The van der Waals surface area contributed by atoms with Crippen LogP contribution < -0.4 is 5.32 Å². The van der Waals surface area contributed by atoms with Crippen molar-refractivity contribution in [1.29, 1.82) is 0 Å². The van der Waals surface area contributed by atoms with Gasteiger partial charge in [-0.15, -0.1) is 11.3 Å². The van der Waals surface area contributed by atoms with Crippen LogP contribution in [0, 0.1) is 0 Å². The van der Waals surface area contributed by atoms with Crippen LogP contribution >= 0.6 is 22.9 Å². The number of hydrogen-bond donors (Lipinski definition) is 1. The van der Waals surface area contributed by atoms with E-state index < -0.39 is 5.97 Å². The minimum Gasteiger partial charge on any atom is -0.462 e. The van der Waals surface area contributed by atoms with Crippen molar-refractivity contribution < 1.29 is 14.3 Å². The van der Waals surface area contributed by atoms with E-state index in [1.54, 1.807) is 13.0 Å². The third kappa shape index (κ3) is 5.00. The summed E-state index contributed by atoms with van der Waals surface area (Å²) in [5.74, 6) is -0.597. The lowest BCUT2D eigenvalue weighted by atomic mass is 10.0. The molecule has 6 heteroatoms. The number of carbonyl (C=O) groups excluding carboxylic acids is 2. The van der Waals surface area contributed by atoms with Crippen LogP contribution in [0.1, 0.15) is 29.3 Å². The number of nitrogens with one attached hydrogen (secondary N) is 1. The Morgan fingerprint density at radius 3 is 2.61 bits per heavy atom. The van der Waals surface area contributed by atoms with Crippen molar-refractivity contribution >= 4 is 39.8 Å². The quantitative estimate of drug-likeness (QED) is 0.497. The van der Waals surface area contributed by atoms with Crippen LogP contribution in [-0.2, 0) is 16.0 Å². The molecule has 2 aromatic carbocycles. The lowest BCUT2D eigenvalue weighted by molar-refractivity contribution is -0.116. The maximum atomic E-state index is 12.5. The van der Waals surface area contributed by atoms with Gasteiger partial charge in [-0.25, -0.2) is 4.79 Å². The first-order valence-electron chi connectivity index (χ1n) is 8.96. The van der Waals surface area contributed by atoms with E-state index in [9.17, 15) is 9.59 Å². The third-order valence-corrected chi connectivity index (χ3v) is 5.27. The molecular formula is C22H20ClNO3S. The summed E-state index contributed by atoms with van der Waals surface area (Å²) < 4.78 is 5.21. The van der Waals surface area contributed by atoms with Gasteiger partial charge in [-0.05, 0) is 36.6 Å². The maximum Gasteiger partial charge on any atom is 0.341 e. The minimum absolute atomic E-state index is 0.160. The number of aryl methyl sites for hydroxylation is 1. The van der Waals surface area contributed by atoms with E-state index >= 15 is 0 Å². The molecule has 28 heavy (non-hydrogen) atoms. The third-order valence-electron chi connectivity index (χ3n) is 4.14. The predicted molar refractivity (Wildman–Crippen MR) is 114 cm³/mol. The zero-order valence-corrected chi connectivity index (χ0v) is 17.0. The molecule has 0 radical (unpaired) electrons. The van der Waals surface area contributed by atoms with Gasteiger partial charge >= 0.3 is 5.97 Å². The summed E-state index contributed by atoms with van der Waals surface area (Å²) >= 11 is 7.31. The van der Waals surface area contributed by atoms with Gasteiger partial charge in [-0.2, -0.15) is 0 Å². The van der Waals surface area contributed by atoms with E-state index in [2.05, 4.69) is 5.32 Å². The van der Waals surface area contributed by atoms with E-state index in [0.29, 0.717) is 28.4 Å². The van der Waals surface area contributed by atoms with Gasteiger partial charge in [0.2, 0.25) is 5.91 Å². The smallest absolute Gasteiger partial charge is 0.341 e. The Hall–Kier alpha value is -2.63. The van der Waals surface area contributed by atoms with Crippen molar-refractivity contribution in [2.75, 3.05) is 11.9 Å². The van der Waals surface area contributed by atoms with Gasteiger partial charge in [0, 0.05) is 22.4 Å². The average Bonchev–Trinajstić information content (AvgIpc) is 3.11. The summed E-state index contributed by atoms with van der Waals surface area (Å²) in [4.78, 5) is 25.0. The number of benzene rings is 2. The highest BCUT2D eigenvalue weighted by Crippen LogP contribution is 2.36. The number of hydrogen-bond acceptors (Lipinski definition) is 4. The lowest BCUT2D eigenvalue weighted by Gasteiger charge is -2.09. The Morgan fingerprint density at radius 2 is 1.89 bits per heavy atom. The van der Waals surface area contributed by atoms with Crippen molar-refractivity contribution in [3.63, 3.8) is 0 Å². The summed E-state index contributed by atoms with van der Waals surface area (Å²) in [5.41, 5.74) is 3.05. The van der Waals surface area contributed by atoms with Gasteiger partial charge in [0.15, 0.2) is 0 Å². The zero-order chi connectivity index (χ0) is 19.9. The van der Waals surface area contributed by atoms with Gasteiger partial charge in [0.05, 0.1) is 6.61 Å². The fourth-order valence-corrected chi connectivity index (χ4v) is 4.01. The average molecular weight is 414 g/mol. The molecule has 0 saturated carbocycles. The van der Waals surface area contributed by atoms with Crippen LogP contribution in [0.5, 0.6) is 0 Å². The molecule has 0 aliphatic rings. The fraction of sp³-hybridized carbons (Fsp3) is 0.182. The molecule has 0 spiro atoms. The van der Waals surface area contributed by atoms with Crippen molar-refractivity contribution in [2.24, 2.45) is 0 Å². The first-order valence-corrected chi connectivity index (χ1v) is 10.2. The van der Waals surface area contributed by atoms with E-state index in [1.165, 1.54) is 11.3 Å². The molecule has 1 N–H and O–H groups in total. The number of esters is 1. The highest BCUT2D eigenvalue weighted by molar-refractivity contribution is 7.15. The van der Waals surface area contributed by atoms with E-state index in [0.717, 1.165) is 16.7 Å². The Bertz CT molecular complexity index is 969. The second kappa shape index (κ2) is 9.53. The molecule has 0 fully saturated rings. The molecule has 0 aliphatic carbocycles. The molecule has 0 aliphatic heterocycles. The van der Waals surface area contributed by atoms with Crippen molar-refractivity contribution in [3.05, 3.63) is 76.1 Å². The Labute approximate surface area is 173 Å². The minimum atomic E-state index is -0.437. The molecule has 0 atom stereocenters. The number of ether oxygens (including phenoxy) is 1. The summed E-state index contributed by atoms with van der Waals surface area (Å²) in [5, 5.41) is 5.89. The van der Waals surface area contributed by atoms with Crippen LogP contribution in [0.2, 0.25) is 5.02 Å². The monoisotopic (exact) mass is 413 g/mol. The maximum absolute atomic E-state index is 12.5. The highest BCUT2D eigenvalue weighted by Gasteiger charge is 2.22. The number of thiophene rings is 1. The molecular weight excluding hydrogens is 394 g/mol. The van der Waals surface area contributed by atoms with Gasteiger partial charge in [-0.3, -0.25) is 4.79 Å². The van der Waals surface area contributed by atoms with Gasteiger partial charge < -0.3 is 10.1 Å². The normalized spacial score (nSPS) is 10.5. The van der Waals surface area contributed by atoms with Crippen molar-refractivity contribution in [3.8, 4) is 11.1 Å². The molecule has 1 heterocycles. The fourth-order valence-electron chi connectivity index (χ4n) is 2.83. The second-order valence-electron chi connectivity index (χ2n) is 6.12. The number of amides is 1. The molecule has 0 saturated heterocycles. The topological polar surface area (TPSA) is 55.4 Å². The molecule has 4 nitrogen and oxygen atoms in total. The molecule has 1 amide bonds. The number of rotatable bonds is 7. The number of anilines is 1. The first-order chi connectivity index (χ1) is 13.6. The van der Waals surface area contributed by atoms with Gasteiger partial charge in [-0.1, -0.05) is 54.1 Å². The predicted octanol–water partition coefficient (Wildman–Crippen LogP) is 5.82. The number of halogens is 1. The van der Waals surface area contributed by atoms with Crippen LogP contribution in [0.25, 0.3) is 11.1 Å². The van der Waals surface area contributed by atoms with Crippen LogP contribution in [0.4, 0.5) is 5.00 Å². The van der Waals surface area contributed by atoms with Crippen LogP contribution in [0.3, 0.4) is 0 Å². The first kappa shape index (κ1) is 20.1. The van der Waals surface area contributed by atoms with Crippen molar-refractivity contribution in [2.45, 2.75) is 19.8 Å². The zero-order valence-electron chi connectivity index (χ0n) is 15.4. The molecule has 0 unspecified atom stereocenters. The Balaban J connectivity index is 1.78. The summed E-state index contributed by atoms with van der Waals surface area (Å²) in [6.07, 6.45) is 0.860. The largest absolute Gasteiger partial charge is 0.462 e. The molecule has 3 rings (SSSR count). The van der Waals surface area contributed by atoms with Crippen LogP contribution in [-0.4, -0.2) is 18.5 Å². The molecule has 144 valence electrons. The molecule has 1 aromatic heterocycles. The van der Waals surface area contributed by atoms with Gasteiger partial charge in [0.25, 0.3) is 0 Å². The molecule has 0 bridgehead atoms. The molecule has 3 aromatic rings. The van der Waals surface area contributed by atoms with Crippen molar-refractivity contribution in [1.82, 2.24) is 0 Å². The van der Waals surface area contributed by atoms with E-state index in [4.69, 9.17) is 16.3 Å². The van der Waals surface area contributed by atoms with E-state index in [1.807, 2.05) is 53.9 Å². The highest BCUT2D eigenvalue weighted by atomic mass is 35.5. The van der Waals surface area contributed by atoms with E-state index in [-0.39, 0.29) is 12.5 Å². The summed E-state index contributed by atoms with van der Waals surface area (Å²) in [6.45, 7) is 2.03. The summed E-state index contributed by atoms with van der Waals surface area (Å²) in [7, 11) is 0. The Morgan fingerprint density at radius 1 is 1.11 bits per heavy atom. The van der Waals surface area contributed by atoms with Gasteiger partial charge in [0.1, 0.15) is 10.6 Å². The SMILES string of the molecule is CCOC(=O)c1c(-c2ccccc2)csc1NC(=O)CCc1cccc(Cl)c1. The second-order valence-corrected chi connectivity index (χ2v) is 7.43. The number of carbonyl (C=O) groups is 2. The van der Waals surface area contributed by atoms with Crippen LogP contribution in [0.15, 0.2) is 60.0 Å².